The number of aryl methyl sites for hydroxylation is 2. The molecule has 2 atom stereocenters. The fourth-order valence-electron chi connectivity index (χ4n) is 2.58. The Hall–Kier alpha value is -0.890. The lowest BCUT2D eigenvalue weighted by atomic mass is 9.89. The van der Waals surface area contributed by atoms with Crippen LogP contribution in [0.3, 0.4) is 0 Å². The molecule has 0 amide bonds. The number of alkyl halides is 1. The van der Waals surface area contributed by atoms with Gasteiger partial charge < -0.3 is 5.32 Å². The van der Waals surface area contributed by atoms with Gasteiger partial charge in [0.05, 0.1) is 0 Å². The van der Waals surface area contributed by atoms with Gasteiger partial charge in [0.25, 0.3) is 0 Å². The molecule has 0 aromatic heterocycles. The summed E-state index contributed by atoms with van der Waals surface area (Å²) in [6.07, 6.45) is 2.00. The van der Waals surface area contributed by atoms with Crippen LogP contribution in [0.4, 0.5) is 4.39 Å². The lowest BCUT2D eigenvalue weighted by molar-refractivity contribution is 0.191. The van der Waals surface area contributed by atoms with Gasteiger partial charge in [-0.05, 0) is 44.4 Å². The molecule has 1 aromatic rings. The summed E-state index contributed by atoms with van der Waals surface area (Å²) >= 11 is 0. The van der Waals surface area contributed by atoms with Crippen molar-refractivity contribution in [2.45, 2.75) is 39.3 Å². The molecular formula is C15H22FN. The van der Waals surface area contributed by atoms with E-state index in [1.165, 1.54) is 16.7 Å². The summed E-state index contributed by atoms with van der Waals surface area (Å²) < 4.78 is 14.2. The predicted octanol–water partition coefficient (Wildman–Crippen LogP) is 3.18. The fourth-order valence-corrected chi connectivity index (χ4v) is 2.58. The molecule has 0 radical (unpaired) electrons. The largest absolute Gasteiger partial charge is 0.316 e. The van der Waals surface area contributed by atoms with Crippen molar-refractivity contribution in [3.05, 3.63) is 34.9 Å². The molecule has 1 fully saturated rings. The van der Waals surface area contributed by atoms with Gasteiger partial charge in [0, 0.05) is 18.9 Å². The molecule has 94 valence electrons. The Bertz CT molecular complexity index is 369. The van der Waals surface area contributed by atoms with Crippen molar-refractivity contribution < 1.29 is 4.39 Å². The van der Waals surface area contributed by atoms with Crippen molar-refractivity contribution in [3.63, 3.8) is 0 Å². The number of rotatable bonds is 3. The Balaban J connectivity index is 2.01. The van der Waals surface area contributed by atoms with Crippen LogP contribution in [0.1, 0.15) is 29.5 Å². The van der Waals surface area contributed by atoms with Crippen LogP contribution >= 0.6 is 0 Å². The van der Waals surface area contributed by atoms with Crippen molar-refractivity contribution in [2.75, 3.05) is 13.1 Å². The van der Waals surface area contributed by atoms with Crippen LogP contribution in [-0.2, 0) is 6.42 Å². The average molecular weight is 235 g/mol. The highest BCUT2D eigenvalue weighted by Gasteiger charge is 2.23. The van der Waals surface area contributed by atoms with Crippen LogP contribution in [-0.4, -0.2) is 19.3 Å². The SMILES string of the molecule is Cc1ccc(C)c(CC(F)C2CCCNC2)c1. The molecule has 1 aliphatic heterocycles. The lowest BCUT2D eigenvalue weighted by Gasteiger charge is -2.26. The first kappa shape index (κ1) is 12.6. The third kappa shape index (κ3) is 3.29. The monoisotopic (exact) mass is 235 g/mol. The molecule has 0 bridgehead atoms. The average Bonchev–Trinajstić information content (AvgIpc) is 2.35. The summed E-state index contributed by atoms with van der Waals surface area (Å²) in [5.74, 6) is 0.198. The Morgan fingerprint density at radius 1 is 1.41 bits per heavy atom. The predicted molar refractivity (Wildman–Crippen MR) is 70.1 cm³/mol. The zero-order valence-electron chi connectivity index (χ0n) is 10.8. The number of nitrogens with one attached hydrogen (secondary N) is 1. The maximum absolute atomic E-state index is 14.2. The molecule has 1 heterocycles. The summed E-state index contributed by atoms with van der Waals surface area (Å²) in [6, 6.07) is 6.31. The van der Waals surface area contributed by atoms with Gasteiger partial charge in [0.1, 0.15) is 6.17 Å². The summed E-state index contributed by atoms with van der Waals surface area (Å²) in [7, 11) is 0. The van der Waals surface area contributed by atoms with Crippen molar-refractivity contribution in [1.29, 1.82) is 0 Å². The molecule has 2 unspecified atom stereocenters. The molecule has 17 heavy (non-hydrogen) atoms. The second-order valence-electron chi connectivity index (χ2n) is 5.26. The van der Waals surface area contributed by atoms with Gasteiger partial charge in [-0.2, -0.15) is 0 Å². The summed E-state index contributed by atoms with van der Waals surface area (Å²) in [5.41, 5.74) is 3.60. The quantitative estimate of drug-likeness (QED) is 0.848. The molecule has 0 spiro atoms. The summed E-state index contributed by atoms with van der Waals surface area (Å²) in [4.78, 5) is 0. The van der Waals surface area contributed by atoms with E-state index in [9.17, 15) is 4.39 Å². The van der Waals surface area contributed by atoms with Gasteiger partial charge in [-0.15, -0.1) is 0 Å². The van der Waals surface area contributed by atoms with Gasteiger partial charge in [0.15, 0.2) is 0 Å². The summed E-state index contributed by atoms with van der Waals surface area (Å²) in [6.45, 7) is 6.03. The third-order valence-corrected chi connectivity index (χ3v) is 3.77. The molecular weight excluding hydrogens is 213 g/mol. The van der Waals surface area contributed by atoms with Crippen molar-refractivity contribution in [1.82, 2.24) is 5.32 Å². The van der Waals surface area contributed by atoms with Crippen LogP contribution in [0.25, 0.3) is 0 Å². The van der Waals surface area contributed by atoms with E-state index >= 15 is 0 Å². The van der Waals surface area contributed by atoms with Crippen LogP contribution in [0.2, 0.25) is 0 Å². The molecule has 1 aliphatic rings. The number of hydrogen-bond acceptors (Lipinski definition) is 1. The fraction of sp³-hybridized carbons (Fsp3) is 0.600. The van der Waals surface area contributed by atoms with Crippen LogP contribution < -0.4 is 5.32 Å². The minimum atomic E-state index is -0.705. The second kappa shape index (κ2) is 5.63. The first-order valence-electron chi connectivity index (χ1n) is 6.57. The van der Waals surface area contributed by atoms with E-state index in [0.717, 1.165) is 25.9 Å². The Labute approximate surface area is 103 Å². The molecule has 1 N–H and O–H groups in total. The van der Waals surface area contributed by atoms with Gasteiger partial charge in [-0.1, -0.05) is 23.8 Å². The first-order valence-corrected chi connectivity index (χ1v) is 6.57. The highest BCUT2D eigenvalue weighted by Crippen LogP contribution is 2.22. The van der Waals surface area contributed by atoms with Gasteiger partial charge in [-0.25, -0.2) is 4.39 Å². The van der Waals surface area contributed by atoms with Gasteiger partial charge in [0.2, 0.25) is 0 Å². The van der Waals surface area contributed by atoms with E-state index < -0.39 is 6.17 Å². The van der Waals surface area contributed by atoms with E-state index in [2.05, 4.69) is 37.4 Å². The van der Waals surface area contributed by atoms with Gasteiger partial charge >= 0.3 is 0 Å². The standard InChI is InChI=1S/C15H22FN/c1-11-5-6-12(2)14(8-11)9-15(16)13-4-3-7-17-10-13/h5-6,8,13,15,17H,3-4,7,9-10H2,1-2H3. The third-order valence-electron chi connectivity index (χ3n) is 3.77. The Morgan fingerprint density at radius 2 is 2.24 bits per heavy atom. The van der Waals surface area contributed by atoms with Crippen molar-refractivity contribution in [3.8, 4) is 0 Å². The van der Waals surface area contributed by atoms with Crippen LogP contribution in [0, 0.1) is 19.8 Å². The molecule has 0 saturated carbocycles. The minimum absolute atomic E-state index is 0.198. The normalized spacial score (nSPS) is 22.4. The Kier molecular flexibility index (Phi) is 4.16. The maximum atomic E-state index is 14.2. The topological polar surface area (TPSA) is 12.0 Å². The lowest BCUT2D eigenvalue weighted by Crippen LogP contribution is -2.35. The second-order valence-corrected chi connectivity index (χ2v) is 5.26. The Morgan fingerprint density at radius 3 is 2.94 bits per heavy atom. The minimum Gasteiger partial charge on any atom is -0.316 e. The highest BCUT2D eigenvalue weighted by atomic mass is 19.1. The molecule has 2 rings (SSSR count). The van der Waals surface area contributed by atoms with E-state index in [1.807, 2.05) is 0 Å². The van der Waals surface area contributed by atoms with E-state index in [0.29, 0.717) is 6.42 Å². The number of halogens is 1. The zero-order chi connectivity index (χ0) is 12.3. The van der Waals surface area contributed by atoms with Crippen molar-refractivity contribution >= 4 is 0 Å². The highest BCUT2D eigenvalue weighted by molar-refractivity contribution is 5.31. The van der Waals surface area contributed by atoms with Crippen LogP contribution in [0.5, 0.6) is 0 Å². The number of piperidine rings is 1. The molecule has 1 nitrogen and oxygen atoms in total. The van der Waals surface area contributed by atoms with E-state index in [4.69, 9.17) is 0 Å². The zero-order valence-corrected chi connectivity index (χ0v) is 10.8. The summed E-state index contributed by atoms with van der Waals surface area (Å²) in [5, 5.41) is 3.29. The van der Waals surface area contributed by atoms with Crippen LogP contribution in [0.15, 0.2) is 18.2 Å². The number of benzene rings is 1. The smallest absolute Gasteiger partial charge is 0.108 e. The maximum Gasteiger partial charge on any atom is 0.108 e. The van der Waals surface area contributed by atoms with Gasteiger partial charge in [-0.3, -0.25) is 0 Å². The van der Waals surface area contributed by atoms with E-state index in [1.54, 1.807) is 0 Å². The van der Waals surface area contributed by atoms with E-state index in [-0.39, 0.29) is 5.92 Å². The molecule has 0 aliphatic carbocycles. The molecule has 1 saturated heterocycles. The molecule has 2 heteroatoms. The van der Waals surface area contributed by atoms with Crippen molar-refractivity contribution in [2.24, 2.45) is 5.92 Å². The first-order chi connectivity index (χ1) is 8.16. The number of hydrogen-bond donors (Lipinski definition) is 1. The molecule has 1 aromatic carbocycles.